The van der Waals surface area contributed by atoms with Gasteiger partial charge in [-0.15, -0.1) is 0 Å². The molecule has 0 bridgehead atoms. The van der Waals surface area contributed by atoms with Crippen LogP contribution in [0.15, 0.2) is 24.3 Å². The van der Waals surface area contributed by atoms with E-state index in [0.717, 1.165) is 11.3 Å². The zero-order chi connectivity index (χ0) is 14.0. The summed E-state index contributed by atoms with van der Waals surface area (Å²) in [6, 6.07) is 7.21. The van der Waals surface area contributed by atoms with E-state index < -0.39 is 0 Å². The molecule has 0 saturated carbocycles. The molecule has 2 rings (SSSR count). The summed E-state index contributed by atoms with van der Waals surface area (Å²) in [5, 5.41) is 9.57. The lowest BCUT2D eigenvalue weighted by atomic mass is 10.2. The fourth-order valence-corrected chi connectivity index (χ4v) is 1.82. The third-order valence-electron chi connectivity index (χ3n) is 2.78. The molecule has 0 radical (unpaired) electrons. The summed E-state index contributed by atoms with van der Waals surface area (Å²) in [5.74, 6) is 0.489. The van der Waals surface area contributed by atoms with Gasteiger partial charge in [-0.25, -0.2) is 4.79 Å². The lowest BCUT2D eigenvalue weighted by Gasteiger charge is -2.09. The molecule has 0 unspecified atom stereocenters. The Kier molecular flexibility index (Phi) is 3.41. The van der Waals surface area contributed by atoms with Crippen molar-refractivity contribution in [1.29, 1.82) is 0 Å². The predicted molar refractivity (Wildman–Crippen MR) is 76.2 cm³/mol. The molecular weight excluding hydrogens is 242 g/mol. The number of nitrogen functional groups attached to an aromatic ring is 1. The number of carbonyl (C=O) groups excluding carboxylic acids is 1. The van der Waals surface area contributed by atoms with E-state index in [1.54, 1.807) is 18.7 Å². The fourth-order valence-electron chi connectivity index (χ4n) is 1.82. The summed E-state index contributed by atoms with van der Waals surface area (Å²) >= 11 is 0. The Labute approximate surface area is 111 Å². The summed E-state index contributed by atoms with van der Waals surface area (Å²) < 4.78 is 1.54. The molecule has 1 heterocycles. The van der Waals surface area contributed by atoms with E-state index >= 15 is 0 Å². The molecule has 0 aliphatic rings. The molecule has 0 aliphatic carbocycles. The number of amides is 2. The summed E-state index contributed by atoms with van der Waals surface area (Å²) in [7, 11) is 1.73. The van der Waals surface area contributed by atoms with Crippen molar-refractivity contribution < 1.29 is 4.79 Å². The van der Waals surface area contributed by atoms with Crippen LogP contribution in [-0.2, 0) is 7.05 Å². The van der Waals surface area contributed by atoms with Crippen LogP contribution in [0.3, 0.4) is 0 Å². The second kappa shape index (κ2) is 5.01. The average molecular weight is 259 g/mol. The molecule has 19 heavy (non-hydrogen) atoms. The van der Waals surface area contributed by atoms with Crippen molar-refractivity contribution in [1.82, 2.24) is 9.78 Å². The number of nitrogens with one attached hydrogen (secondary N) is 2. The van der Waals surface area contributed by atoms with Crippen molar-refractivity contribution in [3.05, 3.63) is 35.5 Å². The maximum Gasteiger partial charge on any atom is 0.324 e. The molecule has 6 nitrogen and oxygen atoms in total. The predicted octanol–water partition coefficient (Wildman–Crippen LogP) is 2.26. The van der Waals surface area contributed by atoms with E-state index in [4.69, 9.17) is 5.73 Å². The van der Waals surface area contributed by atoms with Crippen LogP contribution in [0.5, 0.6) is 0 Å². The zero-order valence-electron chi connectivity index (χ0n) is 11.2. The molecule has 100 valence electrons. The van der Waals surface area contributed by atoms with E-state index in [-0.39, 0.29) is 6.03 Å². The number of aryl methyl sites for hydroxylation is 3. The Morgan fingerprint density at radius 3 is 2.63 bits per heavy atom. The first-order valence-corrected chi connectivity index (χ1v) is 5.91. The number of nitrogens with zero attached hydrogens (tertiary/aromatic N) is 2. The van der Waals surface area contributed by atoms with Gasteiger partial charge in [0.2, 0.25) is 0 Å². The van der Waals surface area contributed by atoms with Gasteiger partial charge in [0.15, 0.2) is 5.82 Å². The molecule has 0 fully saturated rings. The number of anilines is 3. The van der Waals surface area contributed by atoms with Crippen molar-refractivity contribution in [3.8, 4) is 0 Å². The van der Waals surface area contributed by atoms with Gasteiger partial charge in [0, 0.05) is 12.7 Å². The van der Waals surface area contributed by atoms with Crippen LogP contribution in [-0.4, -0.2) is 15.8 Å². The highest BCUT2D eigenvalue weighted by Gasteiger charge is 2.12. The third kappa shape index (κ3) is 2.85. The van der Waals surface area contributed by atoms with E-state index in [0.29, 0.717) is 17.2 Å². The Morgan fingerprint density at radius 2 is 2.05 bits per heavy atom. The van der Waals surface area contributed by atoms with Crippen LogP contribution in [0.4, 0.5) is 22.0 Å². The van der Waals surface area contributed by atoms with Gasteiger partial charge >= 0.3 is 6.03 Å². The smallest absolute Gasteiger partial charge is 0.324 e. The second-order valence-electron chi connectivity index (χ2n) is 4.42. The number of aromatic nitrogens is 2. The summed E-state index contributed by atoms with van der Waals surface area (Å²) in [5.41, 5.74) is 8.81. The molecule has 1 aromatic heterocycles. The van der Waals surface area contributed by atoms with Crippen LogP contribution in [0.25, 0.3) is 0 Å². The largest absolute Gasteiger partial charge is 0.394 e. The standard InChI is InChI=1S/C13H17N5O/c1-8-5-4-6-10(7-8)15-13(19)16-12-11(14)9(2)17-18(12)3/h4-7H,14H2,1-3H3,(H2,15,16,19). The number of hydrogen-bond acceptors (Lipinski definition) is 3. The summed E-state index contributed by atoms with van der Waals surface area (Å²) in [6.45, 7) is 3.75. The Balaban J connectivity index is 2.09. The minimum absolute atomic E-state index is 0.347. The van der Waals surface area contributed by atoms with Crippen molar-refractivity contribution in [2.75, 3.05) is 16.4 Å². The topological polar surface area (TPSA) is 85.0 Å². The molecule has 4 N–H and O–H groups in total. The van der Waals surface area contributed by atoms with Gasteiger partial charge in [-0.3, -0.25) is 10.00 Å². The van der Waals surface area contributed by atoms with Crippen LogP contribution in [0.2, 0.25) is 0 Å². The first-order chi connectivity index (χ1) is 8.97. The highest BCUT2D eigenvalue weighted by molar-refractivity contribution is 6.01. The van der Waals surface area contributed by atoms with Gasteiger partial charge in [-0.05, 0) is 31.5 Å². The Hall–Kier alpha value is -2.50. The normalized spacial score (nSPS) is 10.3. The van der Waals surface area contributed by atoms with Crippen LogP contribution in [0.1, 0.15) is 11.3 Å². The van der Waals surface area contributed by atoms with Crippen LogP contribution < -0.4 is 16.4 Å². The highest BCUT2D eigenvalue weighted by Crippen LogP contribution is 2.21. The summed E-state index contributed by atoms with van der Waals surface area (Å²) in [6.07, 6.45) is 0. The SMILES string of the molecule is Cc1cccc(NC(=O)Nc2c(N)c(C)nn2C)c1. The lowest BCUT2D eigenvalue weighted by Crippen LogP contribution is -2.21. The van der Waals surface area contributed by atoms with E-state index in [1.165, 1.54) is 0 Å². The number of rotatable bonds is 2. The molecule has 6 heteroatoms. The Morgan fingerprint density at radius 1 is 1.32 bits per heavy atom. The highest BCUT2D eigenvalue weighted by atomic mass is 16.2. The molecule has 0 spiro atoms. The maximum absolute atomic E-state index is 11.9. The molecular formula is C13H17N5O. The molecule has 1 aromatic carbocycles. The van der Waals surface area contributed by atoms with E-state index in [9.17, 15) is 4.79 Å². The molecule has 2 amide bonds. The first-order valence-electron chi connectivity index (χ1n) is 5.91. The van der Waals surface area contributed by atoms with E-state index in [2.05, 4.69) is 15.7 Å². The van der Waals surface area contributed by atoms with Gasteiger partial charge in [0.1, 0.15) is 0 Å². The quantitative estimate of drug-likeness (QED) is 0.773. The van der Waals surface area contributed by atoms with E-state index in [1.807, 2.05) is 31.2 Å². The van der Waals surface area contributed by atoms with Gasteiger partial charge in [0.25, 0.3) is 0 Å². The Bertz CT molecular complexity index is 617. The average Bonchev–Trinajstić information content (AvgIpc) is 2.56. The molecule has 0 atom stereocenters. The lowest BCUT2D eigenvalue weighted by molar-refractivity contribution is 0.262. The minimum atomic E-state index is -0.347. The van der Waals surface area contributed by atoms with Gasteiger partial charge in [-0.2, -0.15) is 5.10 Å². The molecule has 0 saturated heterocycles. The zero-order valence-corrected chi connectivity index (χ0v) is 11.2. The van der Waals surface area contributed by atoms with Crippen LogP contribution in [0, 0.1) is 13.8 Å². The van der Waals surface area contributed by atoms with Crippen molar-refractivity contribution in [3.63, 3.8) is 0 Å². The number of hydrogen-bond donors (Lipinski definition) is 3. The maximum atomic E-state index is 11.9. The fraction of sp³-hybridized carbons (Fsp3) is 0.231. The van der Waals surface area contributed by atoms with Crippen molar-refractivity contribution in [2.24, 2.45) is 7.05 Å². The van der Waals surface area contributed by atoms with Gasteiger partial charge in [-0.1, -0.05) is 12.1 Å². The molecule has 0 aliphatic heterocycles. The van der Waals surface area contributed by atoms with Gasteiger partial charge < -0.3 is 11.1 Å². The van der Waals surface area contributed by atoms with Gasteiger partial charge in [0.05, 0.1) is 11.4 Å². The summed E-state index contributed by atoms with van der Waals surface area (Å²) in [4.78, 5) is 11.9. The second-order valence-corrected chi connectivity index (χ2v) is 4.42. The monoisotopic (exact) mass is 259 g/mol. The number of urea groups is 1. The molecule has 2 aromatic rings. The van der Waals surface area contributed by atoms with Crippen molar-refractivity contribution >= 4 is 23.2 Å². The number of carbonyl (C=O) groups is 1. The van der Waals surface area contributed by atoms with Crippen LogP contribution >= 0.6 is 0 Å². The minimum Gasteiger partial charge on any atom is -0.394 e. The number of nitrogens with two attached hydrogens (primary N) is 1. The van der Waals surface area contributed by atoms with Crippen molar-refractivity contribution in [2.45, 2.75) is 13.8 Å². The number of benzene rings is 1. The third-order valence-corrected chi connectivity index (χ3v) is 2.78. The first kappa shape index (κ1) is 12.9.